The van der Waals surface area contributed by atoms with Crippen LogP contribution in [0.5, 0.6) is 0 Å². The zero-order valence-electron chi connectivity index (χ0n) is 15.2. The van der Waals surface area contributed by atoms with Crippen LogP contribution in [-0.2, 0) is 21.2 Å². The molecule has 0 radical (unpaired) electrons. The third-order valence-electron chi connectivity index (χ3n) is 4.03. The first-order valence-electron chi connectivity index (χ1n) is 8.74. The molecule has 0 spiro atoms. The molecule has 0 fully saturated rings. The van der Waals surface area contributed by atoms with E-state index >= 15 is 0 Å². The van der Waals surface area contributed by atoms with Crippen molar-refractivity contribution >= 4 is 21.6 Å². The summed E-state index contributed by atoms with van der Waals surface area (Å²) in [6.45, 7) is 4.09. The molecule has 2 N–H and O–H groups in total. The molecule has 2 aromatic rings. The summed E-state index contributed by atoms with van der Waals surface area (Å²) in [4.78, 5) is 12.1. The van der Waals surface area contributed by atoms with Gasteiger partial charge in [-0.1, -0.05) is 55.0 Å². The Morgan fingerprint density at radius 2 is 1.69 bits per heavy atom. The van der Waals surface area contributed by atoms with E-state index < -0.39 is 15.9 Å². The monoisotopic (exact) mass is 374 g/mol. The van der Waals surface area contributed by atoms with Gasteiger partial charge in [0.05, 0.1) is 11.7 Å². The third-order valence-corrected chi connectivity index (χ3v) is 5.51. The molecule has 0 aliphatic carbocycles. The number of sulfonamides is 1. The first-order chi connectivity index (χ1) is 12.4. The Bertz CT molecular complexity index is 803. The molecular weight excluding hydrogens is 348 g/mol. The molecule has 0 aliphatic rings. The molecule has 0 aromatic heterocycles. The van der Waals surface area contributed by atoms with Crippen LogP contribution in [0.25, 0.3) is 0 Å². The fourth-order valence-corrected chi connectivity index (χ4v) is 3.96. The minimum Gasteiger partial charge on any atom is -0.356 e. The SMILES string of the molecule is Cc1ccc(NS(=O)(=O)CC(C)C(=O)NCCCc2ccccc2)cc1. The molecule has 2 rings (SSSR count). The molecule has 2 aromatic carbocycles. The fraction of sp³-hybridized carbons (Fsp3) is 0.350. The summed E-state index contributed by atoms with van der Waals surface area (Å²) in [5.74, 6) is -1.10. The van der Waals surface area contributed by atoms with Crippen LogP contribution in [-0.4, -0.2) is 26.6 Å². The maximum absolute atomic E-state index is 12.2. The second-order valence-corrected chi connectivity index (χ2v) is 8.30. The van der Waals surface area contributed by atoms with Gasteiger partial charge in [-0.15, -0.1) is 0 Å². The van der Waals surface area contributed by atoms with Crippen molar-refractivity contribution < 1.29 is 13.2 Å². The summed E-state index contributed by atoms with van der Waals surface area (Å²) < 4.78 is 27.0. The van der Waals surface area contributed by atoms with Gasteiger partial charge in [0.2, 0.25) is 15.9 Å². The normalized spacial score (nSPS) is 12.4. The number of benzene rings is 2. The van der Waals surface area contributed by atoms with E-state index in [9.17, 15) is 13.2 Å². The Morgan fingerprint density at radius 3 is 2.35 bits per heavy atom. The molecule has 1 atom stereocenters. The molecule has 0 saturated heterocycles. The highest BCUT2D eigenvalue weighted by molar-refractivity contribution is 7.92. The molecule has 0 saturated carbocycles. The van der Waals surface area contributed by atoms with Crippen LogP contribution in [0.4, 0.5) is 5.69 Å². The Balaban J connectivity index is 1.75. The lowest BCUT2D eigenvalue weighted by Gasteiger charge is -2.14. The summed E-state index contributed by atoms with van der Waals surface area (Å²) >= 11 is 0. The average molecular weight is 375 g/mol. The Kier molecular flexibility index (Phi) is 7.21. The maximum atomic E-state index is 12.2. The van der Waals surface area contributed by atoms with Crippen LogP contribution in [0.15, 0.2) is 54.6 Å². The van der Waals surface area contributed by atoms with E-state index in [4.69, 9.17) is 0 Å². The van der Waals surface area contributed by atoms with Gasteiger partial charge in [0.25, 0.3) is 0 Å². The quantitative estimate of drug-likeness (QED) is 0.662. The van der Waals surface area contributed by atoms with Crippen LogP contribution < -0.4 is 10.0 Å². The van der Waals surface area contributed by atoms with Gasteiger partial charge in [-0.05, 0) is 37.5 Å². The van der Waals surface area contributed by atoms with Crippen molar-refractivity contribution in [2.75, 3.05) is 17.0 Å². The van der Waals surface area contributed by atoms with E-state index in [2.05, 4.69) is 10.0 Å². The number of carbonyl (C=O) groups is 1. The molecule has 6 heteroatoms. The van der Waals surface area contributed by atoms with Crippen LogP contribution in [0.3, 0.4) is 0 Å². The van der Waals surface area contributed by atoms with Crippen molar-refractivity contribution in [3.63, 3.8) is 0 Å². The summed E-state index contributed by atoms with van der Waals surface area (Å²) in [5.41, 5.74) is 2.78. The minimum atomic E-state index is -3.58. The molecule has 1 amide bonds. The average Bonchev–Trinajstić information content (AvgIpc) is 2.61. The molecular formula is C20H26N2O3S. The largest absolute Gasteiger partial charge is 0.356 e. The van der Waals surface area contributed by atoms with Crippen LogP contribution in [0.2, 0.25) is 0 Å². The highest BCUT2D eigenvalue weighted by Gasteiger charge is 2.21. The molecule has 0 bridgehead atoms. The lowest BCUT2D eigenvalue weighted by atomic mass is 10.1. The molecule has 0 heterocycles. The van der Waals surface area contributed by atoms with Gasteiger partial charge < -0.3 is 5.32 Å². The summed E-state index contributed by atoms with van der Waals surface area (Å²) in [6.07, 6.45) is 1.69. The number of carbonyl (C=O) groups excluding carboxylic acids is 1. The topological polar surface area (TPSA) is 75.3 Å². The minimum absolute atomic E-state index is 0.243. The van der Waals surface area contributed by atoms with E-state index in [0.29, 0.717) is 12.2 Å². The zero-order valence-corrected chi connectivity index (χ0v) is 16.1. The van der Waals surface area contributed by atoms with Gasteiger partial charge in [0.1, 0.15) is 0 Å². The van der Waals surface area contributed by atoms with Crippen LogP contribution in [0, 0.1) is 12.8 Å². The van der Waals surface area contributed by atoms with Gasteiger partial charge in [0.15, 0.2) is 0 Å². The highest BCUT2D eigenvalue weighted by atomic mass is 32.2. The maximum Gasteiger partial charge on any atom is 0.233 e. The van der Waals surface area contributed by atoms with Gasteiger partial charge in [-0.2, -0.15) is 0 Å². The van der Waals surface area contributed by atoms with E-state index in [1.807, 2.05) is 49.4 Å². The Labute approximate surface area is 155 Å². The van der Waals surface area contributed by atoms with Gasteiger partial charge in [-0.25, -0.2) is 8.42 Å². The summed E-state index contributed by atoms with van der Waals surface area (Å²) in [6, 6.07) is 17.1. The standard InChI is InChI=1S/C20H26N2O3S/c1-16-10-12-19(13-11-16)22-26(24,25)15-17(2)20(23)21-14-6-9-18-7-4-3-5-8-18/h3-5,7-8,10-13,17,22H,6,9,14-15H2,1-2H3,(H,21,23). The summed E-state index contributed by atoms with van der Waals surface area (Å²) in [5, 5.41) is 2.82. The summed E-state index contributed by atoms with van der Waals surface area (Å²) in [7, 11) is -3.58. The number of anilines is 1. The van der Waals surface area contributed by atoms with E-state index in [1.54, 1.807) is 19.1 Å². The molecule has 26 heavy (non-hydrogen) atoms. The van der Waals surface area contributed by atoms with E-state index in [0.717, 1.165) is 18.4 Å². The lowest BCUT2D eigenvalue weighted by molar-refractivity contribution is -0.123. The lowest BCUT2D eigenvalue weighted by Crippen LogP contribution is -2.35. The van der Waals surface area contributed by atoms with Crippen molar-refractivity contribution in [3.05, 3.63) is 65.7 Å². The number of aryl methyl sites for hydroxylation is 2. The molecule has 5 nitrogen and oxygen atoms in total. The molecule has 1 unspecified atom stereocenters. The van der Waals surface area contributed by atoms with Crippen LogP contribution >= 0.6 is 0 Å². The van der Waals surface area contributed by atoms with Crippen LogP contribution in [0.1, 0.15) is 24.5 Å². The number of nitrogens with one attached hydrogen (secondary N) is 2. The van der Waals surface area contributed by atoms with E-state index in [1.165, 1.54) is 5.56 Å². The number of rotatable bonds is 9. The smallest absolute Gasteiger partial charge is 0.233 e. The molecule has 140 valence electrons. The van der Waals surface area contributed by atoms with Crippen molar-refractivity contribution in [2.45, 2.75) is 26.7 Å². The van der Waals surface area contributed by atoms with Gasteiger partial charge in [0, 0.05) is 12.2 Å². The predicted molar refractivity (Wildman–Crippen MR) is 106 cm³/mol. The number of hydrogen-bond acceptors (Lipinski definition) is 3. The second-order valence-electron chi connectivity index (χ2n) is 6.53. The van der Waals surface area contributed by atoms with Crippen molar-refractivity contribution in [1.29, 1.82) is 0 Å². The fourth-order valence-electron chi connectivity index (χ4n) is 2.57. The van der Waals surface area contributed by atoms with Crippen molar-refractivity contribution in [2.24, 2.45) is 5.92 Å². The van der Waals surface area contributed by atoms with Crippen molar-refractivity contribution in [1.82, 2.24) is 5.32 Å². The van der Waals surface area contributed by atoms with Gasteiger partial charge in [-0.3, -0.25) is 9.52 Å². The first kappa shape index (κ1) is 20.0. The zero-order chi connectivity index (χ0) is 19.0. The van der Waals surface area contributed by atoms with Gasteiger partial charge >= 0.3 is 0 Å². The highest BCUT2D eigenvalue weighted by Crippen LogP contribution is 2.12. The third kappa shape index (κ3) is 6.88. The Morgan fingerprint density at radius 1 is 1.04 bits per heavy atom. The van der Waals surface area contributed by atoms with Crippen molar-refractivity contribution in [3.8, 4) is 0 Å². The first-order valence-corrected chi connectivity index (χ1v) is 10.4. The predicted octanol–water partition coefficient (Wildman–Crippen LogP) is 3.12. The number of amides is 1. The second kappa shape index (κ2) is 9.38. The molecule has 0 aliphatic heterocycles. The van der Waals surface area contributed by atoms with E-state index in [-0.39, 0.29) is 11.7 Å². The number of hydrogen-bond donors (Lipinski definition) is 2. The Hall–Kier alpha value is -2.34.